The smallest absolute Gasteiger partial charge is 0.309 e. The van der Waals surface area contributed by atoms with Crippen LogP contribution in [0.1, 0.15) is 46.5 Å². The zero-order valence-corrected chi connectivity index (χ0v) is 10.5. The second-order valence-corrected chi connectivity index (χ2v) is 6.30. The third-order valence-corrected chi connectivity index (χ3v) is 3.60. The molecule has 0 aromatic heterocycles. The van der Waals surface area contributed by atoms with Gasteiger partial charge in [0, 0.05) is 5.41 Å². The lowest BCUT2D eigenvalue weighted by Gasteiger charge is -2.46. The number of esters is 1. The van der Waals surface area contributed by atoms with Crippen molar-refractivity contribution in [2.75, 3.05) is 13.2 Å². The van der Waals surface area contributed by atoms with Gasteiger partial charge in [0.25, 0.3) is 0 Å². The minimum atomic E-state index is -0.355. The maximum atomic E-state index is 11.9. The van der Waals surface area contributed by atoms with Crippen molar-refractivity contribution >= 4 is 5.97 Å². The van der Waals surface area contributed by atoms with Gasteiger partial charge in [-0.15, -0.1) is 0 Å². The molecule has 3 nitrogen and oxygen atoms in total. The van der Waals surface area contributed by atoms with E-state index in [-0.39, 0.29) is 17.5 Å². The first-order chi connectivity index (χ1) is 7.40. The van der Waals surface area contributed by atoms with Crippen molar-refractivity contribution in [1.29, 1.82) is 0 Å². The van der Waals surface area contributed by atoms with Crippen molar-refractivity contribution < 1.29 is 14.3 Å². The highest BCUT2D eigenvalue weighted by Gasteiger charge is 2.43. The molecule has 1 heterocycles. The molecule has 0 aromatic rings. The highest BCUT2D eigenvalue weighted by atomic mass is 16.6. The van der Waals surface area contributed by atoms with Gasteiger partial charge in [0.05, 0.1) is 19.1 Å². The highest BCUT2D eigenvalue weighted by Crippen LogP contribution is 2.44. The fraction of sp³-hybridized carbons (Fsp3) is 0.923. The molecule has 1 aliphatic heterocycles. The molecule has 0 unspecified atom stereocenters. The van der Waals surface area contributed by atoms with E-state index in [0.29, 0.717) is 5.41 Å². The van der Waals surface area contributed by atoms with Gasteiger partial charge in [-0.3, -0.25) is 4.79 Å². The zero-order chi connectivity index (χ0) is 11.8. The van der Waals surface area contributed by atoms with Crippen molar-refractivity contribution in [1.82, 2.24) is 0 Å². The molecule has 92 valence electrons. The number of hydrogen-bond donors (Lipinski definition) is 0. The summed E-state index contributed by atoms with van der Waals surface area (Å²) >= 11 is 0. The predicted octanol–water partition coefficient (Wildman–Crippen LogP) is 2.53. The van der Waals surface area contributed by atoms with Crippen LogP contribution in [0.15, 0.2) is 0 Å². The molecule has 0 radical (unpaired) electrons. The molecule has 0 amide bonds. The summed E-state index contributed by atoms with van der Waals surface area (Å²) in [6, 6.07) is 0. The summed E-state index contributed by atoms with van der Waals surface area (Å²) in [7, 11) is 0. The molecule has 1 aliphatic carbocycles. The van der Waals surface area contributed by atoms with E-state index in [2.05, 4.69) is 0 Å². The Morgan fingerprint density at radius 1 is 1.25 bits per heavy atom. The first-order valence-corrected chi connectivity index (χ1v) is 6.21. The van der Waals surface area contributed by atoms with Gasteiger partial charge in [-0.25, -0.2) is 0 Å². The minimum Gasteiger partial charge on any atom is -0.460 e. The van der Waals surface area contributed by atoms with E-state index < -0.39 is 0 Å². The van der Waals surface area contributed by atoms with Crippen LogP contribution in [0.5, 0.6) is 0 Å². The Labute approximate surface area is 97.5 Å². The summed E-state index contributed by atoms with van der Waals surface area (Å²) < 4.78 is 10.7. The van der Waals surface area contributed by atoms with E-state index in [4.69, 9.17) is 9.47 Å². The minimum absolute atomic E-state index is 0.0115. The van der Waals surface area contributed by atoms with Crippen molar-refractivity contribution in [2.45, 2.75) is 52.1 Å². The predicted molar refractivity (Wildman–Crippen MR) is 61.1 cm³/mol. The van der Waals surface area contributed by atoms with Crippen LogP contribution in [-0.2, 0) is 14.3 Å². The molecular weight excluding hydrogens is 204 g/mol. The summed E-state index contributed by atoms with van der Waals surface area (Å²) in [5, 5.41) is 0. The maximum absolute atomic E-state index is 11.9. The average Bonchev–Trinajstić information content (AvgIpc) is 2.13. The fourth-order valence-corrected chi connectivity index (χ4v) is 2.53. The Balaban J connectivity index is 1.82. The normalized spacial score (nSPS) is 25.2. The zero-order valence-electron chi connectivity index (χ0n) is 10.5. The molecule has 0 aromatic carbocycles. The van der Waals surface area contributed by atoms with Gasteiger partial charge >= 0.3 is 5.97 Å². The van der Waals surface area contributed by atoms with Gasteiger partial charge in [-0.2, -0.15) is 0 Å². The van der Waals surface area contributed by atoms with Gasteiger partial charge in [-0.05, 0) is 46.5 Å². The van der Waals surface area contributed by atoms with E-state index in [0.717, 1.165) is 38.9 Å². The van der Waals surface area contributed by atoms with Crippen LogP contribution in [0.4, 0.5) is 0 Å². The number of ether oxygens (including phenoxy) is 2. The van der Waals surface area contributed by atoms with Crippen LogP contribution in [-0.4, -0.2) is 24.8 Å². The van der Waals surface area contributed by atoms with E-state index in [1.54, 1.807) is 0 Å². The Bertz CT molecular complexity index is 263. The molecule has 2 rings (SSSR count). The molecule has 1 spiro atoms. The molecule has 0 bridgehead atoms. The van der Waals surface area contributed by atoms with E-state index in [1.807, 2.05) is 20.8 Å². The number of rotatable bonds is 1. The third kappa shape index (κ3) is 2.57. The number of carbonyl (C=O) groups excluding carboxylic acids is 1. The summed E-state index contributed by atoms with van der Waals surface area (Å²) in [4.78, 5) is 11.9. The molecule has 2 fully saturated rings. The van der Waals surface area contributed by atoms with Crippen LogP contribution in [0.3, 0.4) is 0 Å². The lowest BCUT2D eigenvalue weighted by Crippen LogP contribution is -2.46. The van der Waals surface area contributed by atoms with Gasteiger partial charge < -0.3 is 9.47 Å². The van der Waals surface area contributed by atoms with Gasteiger partial charge in [0.1, 0.15) is 5.60 Å². The Kier molecular flexibility index (Phi) is 2.99. The van der Waals surface area contributed by atoms with Gasteiger partial charge in [0.15, 0.2) is 0 Å². The molecule has 0 atom stereocenters. The average molecular weight is 226 g/mol. The molecule has 16 heavy (non-hydrogen) atoms. The highest BCUT2D eigenvalue weighted by molar-refractivity contribution is 5.73. The van der Waals surface area contributed by atoms with Gasteiger partial charge in [-0.1, -0.05) is 0 Å². The first-order valence-electron chi connectivity index (χ1n) is 6.21. The lowest BCUT2D eigenvalue weighted by atomic mass is 9.69. The second kappa shape index (κ2) is 4.02. The fourth-order valence-electron chi connectivity index (χ4n) is 2.53. The van der Waals surface area contributed by atoms with Crippen LogP contribution >= 0.6 is 0 Å². The first kappa shape index (κ1) is 11.9. The number of carbonyl (C=O) groups is 1. The molecular formula is C13H22O3. The topological polar surface area (TPSA) is 35.5 Å². The lowest BCUT2D eigenvalue weighted by molar-refractivity contribution is -0.169. The second-order valence-electron chi connectivity index (χ2n) is 6.30. The molecule has 3 heteroatoms. The molecule has 2 aliphatic rings. The van der Waals surface area contributed by atoms with E-state index >= 15 is 0 Å². The Hall–Kier alpha value is -0.570. The van der Waals surface area contributed by atoms with Crippen molar-refractivity contribution in [3.05, 3.63) is 0 Å². The van der Waals surface area contributed by atoms with Crippen LogP contribution in [0.2, 0.25) is 0 Å². The monoisotopic (exact) mass is 226 g/mol. The summed E-state index contributed by atoms with van der Waals surface area (Å²) in [6.07, 6.45) is 4.18. The largest absolute Gasteiger partial charge is 0.460 e. The summed E-state index contributed by atoms with van der Waals surface area (Å²) in [5.41, 5.74) is 0.0598. The summed E-state index contributed by atoms with van der Waals surface area (Å²) in [5.74, 6) is 0.105. The number of hydrogen-bond acceptors (Lipinski definition) is 3. The van der Waals surface area contributed by atoms with E-state index in [1.165, 1.54) is 0 Å². The van der Waals surface area contributed by atoms with Crippen molar-refractivity contribution in [3.8, 4) is 0 Å². The van der Waals surface area contributed by atoms with Gasteiger partial charge in [0.2, 0.25) is 0 Å². The standard InChI is InChI=1S/C13H22O3/c1-12(2,3)16-11(14)10-4-6-13(7-5-10)8-15-9-13/h10H,4-9H2,1-3H3. The quantitative estimate of drug-likeness (QED) is 0.644. The van der Waals surface area contributed by atoms with Crippen molar-refractivity contribution in [3.63, 3.8) is 0 Å². The Morgan fingerprint density at radius 3 is 2.19 bits per heavy atom. The van der Waals surface area contributed by atoms with Crippen LogP contribution < -0.4 is 0 Å². The van der Waals surface area contributed by atoms with E-state index in [9.17, 15) is 4.79 Å². The van der Waals surface area contributed by atoms with Crippen LogP contribution in [0, 0.1) is 11.3 Å². The van der Waals surface area contributed by atoms with Crippen LogP contribution in [0.25, 0.3) is 0 Å². The Morgan fingerprint density at radius 2 is 1.81 bits per heavy atom. The molecule has 1 saturated carbocycles. The van der Waals surface area contributed by atoms with Crippen molar-refractivity contribution in [2.24, 2.45) is 11.3 Å². The summed E-state index contributed by atoms with van der Waals surface area (Å²) in [6.45, 7) is 7.57. The maximum Gasteiger partial charge on any atom is 0.309 e. The third-order valence-electron chi connectivity index (χ3n) is 3.60. The molecule has 1 saturated heterocycles. The molecule has 0 N–H and O–H groups in total. The SMILES string of the molecule is CC(C)(C)OC(=O)C1CCC2(CC1)COC2.